The number of carboxylic acid groups (broad SMARTS) is 1. The van der Waals surface area contributed by atoms with Crippen molar-refractivity contribution in [3.05, 3.63) is 18.0 Å². The molecule has 0 aliphatic rings. The number of hydrogen-bond acceptors (Lipinski definition) is 4. The van der Waals surface area contributed by atoms with Gasteiger partial charge >= 0.3 is 5.97 Å². The average Bonchev–Trinajstić information content (AvgIpc) is 2.83. The number of rotatable bonds is 8. The van der Waals surface area contributed by atoms with Gasteiger partial charge in [-0.3, -0.25) is 0 Å². The molecule has 0 atom stereocenters. The summed E-state index contributed by atoms with van der Waals surface area (Å²) in [6.07, 6.45) is 1.34. The Hall–Kier alpha value is -1.38. The lowest BCUT2D eigenvalue weighted by atomic mass is 10.4. The maximum absolute atomic E-state index is 12.3. The van der Waals surface area contributed by atoms with Crippen molar-refractivity contribution in [1.29, 1.82) is 0 Å². The first-order valence-corrected chi connectivity index (χ1v) is 7.76. The molecule has 0 aliphatic carbocycles. The summed E-state index contributed by atoms with van der Waals surface area (Å²) in [5, 5.41) is 9.04. The molecular formula is C12H20N2O5S. The van der Waals surface area contributed by atoms with Crippen LogP contribution in [0.15, 0.2) is 17.2 Å². The van der Waals surface area contributed by atoms with E-state index in [1.54, 1.807) is 6.92 Å². The SMILES string of the molecule is CCOCCN(C)S(=O)(=O)c1cc(C(=O)O)n(CC)c1. The zero-order chi connectivity index (χ0) is 15.3. The number of ether oxygens (including phenoxy) is 1. The molecule has 0 spiro atoms. The van der Waals surface area contributed by atoms with Gasteiger partial charge in [0, 0.05) is 32.9 Å². The summed E-state index contributed by atoms with van der Waals surface area (Å²) in [7, 11) is -2.25. The van der Waals surface area contributed by atoms with E-state index in [9.17, 15) is 13.2 Å². The molecule has 0 amide bonds. The van der Waals surface area contributed by atoms with Crippen LogP contribution < -0.4 is 0 Å². The van der Waals surface area contributed by atoms with Gasteiger partial charge in [-0.25, -0.2) is 13.2 Å². The molecule has 20 heavy (non-hydrogen) atoms. The van der Waals surface area contributed by atoms with Gasteiger partial charge in [0.05, 0.1) is 6.61 Å². The predicted molar refractivity (Wildman–Crippen MR) is 73.4 cm³/mol. The van der Waals surface area contributed by atoms with Crippen molar-refractivity contribution in [2.45, 2.75) is 25.3 Å². The lowest BCUT2D eigenvalue weighted by Crippen LogP contribution is -2.30. The van der Waals surface area contributed by atoms with Crippen LogP contribution in [0.4, 0.5) is 0 Å². The number of carbonyl (C=O) groups is 1. The topological polar surface area (TPSA) is 88.8 Å². The van der Waals surface area contributed by atoms with Gasteiger partial charge in [0.15, 0.2) is 0 Å². The highest BCUT2D eigenvalue weighted by Gasteiger charge is 2.24. The van der Waals surface area contributed by atoms with Crippen LogP contribution in [0.25, 0.3) is 0 Å². The standard InChI is InChI=1S/C12H20N2O5S/c1-4-14-9-10(8-11(14)12(15)16)20(17,18)13(3)6-7-19-5-2/h8-9H,4-7H2,1-3H3,(H,15,16). The minimum absolute atomic E-state index is 0.0178. The Morgan fingerprint density at radius 2 is 2.10 bits per heavy atom. The lowest BCUT2D eigenvalue weighted by Gasteiger charge is -2.15. The van der Waals surface area contributed by atoms with Crippen LogP contribution in [-0.4, -0.2) is 55.2 Å². The van der Waals surface area contributed by atoms with E-state index in [-0.39, 0.29) is 17.1 Å². The van der Waals surface area contributed by atoms with E-state index in [1.807, 2.05) is 6.92 Å². The number of nitrogens with zero attached hydrogens (tertiary/aromatic N) is 2. The summed E-state index contributed by atoms with van der Waals surface area (Å²) >= 11 is 0. The first kappa shape index (κ1) is 16.7. The predicted octanol–water partition coefficient (Wildman–Crippen LogP) is 0.863. The summed E-state index contributed by atoms with van der Waals surface area (Å²) in [5.41, 5.74) is -0.0377. The second-order valence-corrected chi connectivity index (χ2v) is 6.22. The maximum Gasteiger partial charge on any atom is 0.352 e. The second-order valence-electron chi connectivity index (χ2n) is 4.18. The molecule has 1 aromatic rings. The number of aromatic nitrogens is 1. The molecule has 0 radical (unpaired) electrons. The fourth-order valence-electron chi connectivity index (χ4n) is 1.70. The third-order valence-electron chi connectivity index (χ3n) is 2.89. The molecule has 114 valence electrons. The first-order chi connectivity index (χ1) is 9.34. The Morgan fingerprint density at radius 1 is 1.45 bits per heavy atom. The highest BCUT2D eigenvalue weighted by atomic mass is 32.2. The van der Waals surface area contributed by atoms with Gasteiger partial charge in [0.2, 0.25) is 10.0 Å². The fourth-order valence-corrected chi connectivity index (χ4v) is 2.90. The molecule has 0 fully saturated rings. The minimum atomic E-state index is -3.70. The van der Waals surface area contributed by atoms with Crippen LogP contribution in [0.3, 0.4) is 0 Å². The number of carboxylic acids is 1. The Bertz CT molecular complexity index is 564. The summed E-state index contributed by atoms with van der Waals surface area (Å²) in [6, 6.07) is 1.18. The van der Waals surface area contributed by atoms with Crippen molar-refractivity contribution in [2.24, 2.45) is 0 Å². The number of likely N-dealkylation sites (N-methyl/N-ethyl adjacent to an activating group) is 1. The quantitative estimate of drug-likeness (QED) is 0.720. The van der Waals surface area contributed by atoms with Gasteiger partial charge in [-0.2, -0.15) is 4.31 Å². The van der Waals surface area contributed by atoms with E-state index in [4.69, 9.17) is 9.84 Å². The van der Waals surface area contributed by atoms with Crippen molar-refractivity contribution in [2.75, 3.05) is 26.8 Å². The van der Waals surface area contributed by atoms with Crippen molar-refractivity contribution < 1.29 is 23.1 Å². The van der Waals surface area contributed by atoms with Gasteiger partial charge in [0.25, 0.3) is 0 Å². The Balaban J connectivity index is 3.00. The molecule has 0 aromatic carbocycles. The van der Waals surface area contributed by atoms with E-state index in [0.29, 0.717) is 19.8 Å². The van der Waals surface area contributed by atoms with E-state index < -0.39 is 16.0 Å². The molecule has 1 heterocycles. The average molecular weight is 304 g/mol. The Kier molecular flexibility index (Phi) is 5.73. The molecular weight excluding hydrogens is 284 g/mol. The van der Waals surface area contributed by atoms with Crippen LogP contribution in [0.1, 0.15) is 24.3 Å². The zero-order valence-corrected chi connectivity index (χ0v) is 12.7. The highest BCUT2D eigenvalue weighted by molar-refractivity contribution is 7.89. The van der Waals surface area contributed by atoms with Gasteiger partial charge < -0.3 is 14.4 Å². The van der Waals surface area contributed by atoms with Gasteiger partial charge in [-0.15, -0.1) is 0 Å². The van der Waals surface area contributed by atoms with Gasteiger partial charge in [0.1, 0.15) is 10.6 Å². The van der Waals surface area contributed by atoms with Gasteiger partial charge in [-0.1, -0.05) is 0 Å². The van der Waals surface area contributed by atoms with E-state index in [0.717, 1.165) is 4.31 Å². The van der Waals surface area contributed by atoms with E-state index in [1.165, 1.54) is 23.9 Å². The number of aromatic carboxylic acids is 1. The summed E-state index contributed by atoms with van der Waals surface area (Å²) < 4.78 is 32.3. The van der Waals surface area contributed by atoms with E-state index >= 15 is 0 Å². The number of sulfonamides is 1. The molecule has 0 saturated heterocycles. The summed E-state index contributed by atoms with van der Waals surface area (Å²) in [6.45, 7) is 5.00. The van der Waals surface area contributed by atoms with Crippen LogP contribution in [0, 0.1) is 0 Å². The molecule has 0 saturated carbocycles. The molecule has 0 bridgehead atoms. The van der Waals surface area contributed by atoms with Gasteiger partial charge in [-0.05, 0) is 19.9 Å². The first-order valence-electron chi connectivity index (χ1n) is 6.32. The minimum Gasteiger partial charge on any atom is -0.477 e. The molecule has 0 unspecified atom stereocenters. The zero-order valence-electron chi connectivity index (χ0n) is 11.9. The highest BCUT2D eigenvalue weighted by Crippen LogP contribution is 2.18. The van der Waals surface area contributed by atoms with Crippen molar-refractivity contribution >= 4 is 16.0 Å². The monoisotopic (exact) mass is 304 g/mol. The van der Waals surface area contributed by atoms with Crippen molar-refractivity contribution in [1.82, 2.24) is 8.87 Å². The van der Waals surface area contributed by atoms with Crippen LogP contribution in [0.2, 0.25) is 0 Å². The largest absolute Gasteiger partial charge is 0.477 e. The molecule has 8 heteroatoms. The number of aryl methyl sites for hydroxylation is 1. The van der Waals surface area contributed by atoms with Crippen LogP contribution in [-0.2, 0) is 21.3 Å². The molecule has 0 aliphatic heterocycles. The summed E-state index contributed by atoms with van der Waals surface area (Å²) in [5.74, 6) is -1.15. The lowest BCUT2D eigenvalue weighted by molar-refractivity contribution is 0.0685. The van der Waals surface area contributed by atoms with Crippen LogP contribution in [0.5, 0.6) is 0 Å². The Morgan fingerprint density at radius 3 is 2.55 bits per heavy atom. The molecule has 7 nitrogen and oxygen atoms in total. The van der Waals surface area contributed by atoms with Crippen molar-refractivity contribution in [3.63, 3.8) is 0 Å². The maximum atomic E-state index is 12.3. The fraction of sp³-hybridized carbons (Fsp3) is 0.583. The molecule has 1 rings (SSSR count). The second kappa shape index (κ2) is 6.87. The van der Waals surface area contributed by atoms with Crippen molar-refractivity contribution in [3.8, 4) is 0 Å². The third-order valence-corrected chi connectivity index (χ3v) is 4.72. The Labute approximate surface area is 118 Å². The molecule has 1 aromatic heterocycles. The van der Waals surface area contributed by atoms with E-state index in [2.05, 4.69) is 0 Å². The summed E-state index contributed by atoms with van der Waals surface area (Å²) in [4.78, 5) is 11.0. The number of hydrogen-bond donors (Lipinski definition) is 1. The van der Waals surface area contributed by atoms with Crippen LogP contribution >= 0.6 is 0 Å². The molecule has 1 N–H and O–H groups in total. The normalized spacial score (nSPS) is 12.0. The third kappa shape index (κ3) is 3.59. The smallest absolute Gasteiger partial charge is 0.352 e.